The standard InChI is InChI=1S/C25H26N4/c1-18-13-19(2)15-28(14-18)24-23-22(20-9-5-3-6-10-20)16-29(25(23)27-17-26-24)21-11-7-4-8-12-21/h3-12,16-19H,13-15H2,1-2H3/t18-,19+. The number of hydrogen-bond acceptors (Lipinski definition) is 3. The van der Waals surface area contributed by atoms with Crippen molar-refractivity contribution in [2.24, 2.45) is 11.8 Å². The van der Waals surface area contributed by atoms with Crippen molar-refractivity contribution in [2.45, 2.75) is 20.3 Å². The number of aromatic nitrogens is 3. The van der Waals surface area contributed by atoms with Crippen molar-refractivity contribution >= 4 is 16.9 Å². The Morgan fingerprint density at radius 1 is 0.828 bits per heavy atom. The van der Waals surface area contributed by atoms with Gasteiger partial charge in [0.25, 0.3) is 0 Å². The molecule has 1 aliphatic heterocycles. The molecule has 5 rings (SSSR count). The molecule has 146 valence electrons. The maximum atomic E-state index is 4.79. The molecule has 0 saturated carbocycles. The average molecular weight is 383 g/mol. The largest absolute Gasteiger partial charge is 0.355 e. The Morgan fingerprint density at radius 3 is 2.17 bits per heavy atom. The number of hydrogen-bond donors (Lipinski definition) is 0. The van der Waals surface area contributed by atoms with Crippen LogP contribution >= 0.6 is 0 Å². The van der Waals surface area contributed by atoms with Gasteiger partial charge in [-0.1, -0.05) is 62.4 Å². The maximum absolute atomic E-state index is 4.79. The quantitative estimate of drug-likeness (QED) is 0.464. The van der Waals surface area contributed by atoms with Crippen LogP contribution < -0.4 is 4.90 Å². The van der Waals surface area contributed by atoms with Gasteiger partial charge in [-0.05, 0) is 36.0 Å². The summed E-state index contributed by atoms with van der Waals surface area (Å²) < 4.78 is 2.19. The summed E-state index contributed by atoms with van der Waals surface area (Å²) in [5.41, 5.74) is 4.46. The molecule has 0 spiro atoms. The molecule has 4 aromatic rings. The number of anilines is 1. The molecule has 2 atom stereocenters. The Labute approximate surface area is 171 Å². The third-order valence-corrected chi connectivity index (χ3v) is 5.85. The van der Waals surface area contributed by atoms with Gasteiger partial charge in [0.1, 0.15) is 12.1 Å². The lowest BCUT2D eigenvalue weighted by Gasteiger charge is -2.36. The van der Waals surface area contributed by atoms with E-state index in [1.165, 1.54) is 17.5 Å². The van der Waals surface area contributed by atoms with E-state index in [2.05, 4.69) is 84.1 Å². The summed E-state index contributed by atoms with van der Waals surface area (Å²) in [6.45, 7) is 6.77. The van der Waals surface area contributed by atoms with Gasteiger partial charge >= 0.3 is 0 Å². The zero-order chi connectivity index (χ0) is 19.8. The molecular weight excluding hydrogens is 356 g/mol. The van der Waals surface area contributed by atoms with Crippen molar-refractivity contribution < 1.29 is 0 Å². The second-order valence-electron chi connectivity index (χ2n) is 8.36. The molecule has 4 nitrogen and oxygen atoms in total. The first-order valence-electron chi connectivity index (χ1n) is 10.4. The van der Waals surface area contributed by atoms with Gasteiger partial charge in [0.15, 0.2) is 5.65 Å². The summed E-state index contributed by atoms with van der Waals surface area (Å²) in [6.07, 6.45) is 5.21. The van der Waals surface area contributed by atoms with Crippen molar-refractivity contribution in [2.75, 3.05) is 18.0 Å². The predicted molar refractivity (Wildman–Crippen MR) is 119 cm³/mol. The number of fused-ring (bicyclic) bond motifs is 1. The molecule has 0 bridgehead atoms. The Hall–Kier alpha value is -3.14. The minimum atomic E-state index is 0.667. The Morgan fingerprint density at radius 2 is 1.48 bits per heavy atom. The van der Waals surface area contributed by atoms with Crippen molar-refractivity contribution in [3.63, 3.8) is 0 Å². The zero-order valence-corrected chi connectivity index (χ0v) is 17.0. The second kappa shape index (κ2) is 7.36. The normalized spacial score (nSPS) is 19.6. The van der Waals surface area contributed by atoms with Gasteiger partial charge in [-0.25, -0.2) is 9.97 Å². The lowest BCUT2D eigenvalue weighted by atomic mass is 9.91. The molecule has 0 aliphatic carbocycles. The fraction of sp³-hybridized carbons (Fsp3) is 0.280. The highest BCUT2D eigenvalue weighted by molar-refractivity contribution is 6.02. The number of nitrogens with zero attached hydrogens (tertiary/aromatic N) is 4. The van der Waals surface area contributed by atoms with E-state index in [-0.39, 0.29) is 0 Å². The molecule has 1 aliphatic rings. The van der Waals surface area contributed by atoms with E-state index in [1.807, 2.05) is 6.07 Å². The van der Waals surface area contributed by atoms with E-state index >= 15 is 0 Å². The zero-order valence-electron chi connectivity index (χ0n) is 17.0. The molecular formula is C25H26N4. The van der Waals surface area contributed by atoms with E-state index in [4.69, 9.17) is 9.97 Å². The summed E-state index contributed by atoms with van der Waals surface area (Å²) in [5.74, 6) is 2.39. The Balaban J connectivity index is 1.76. The molecule has 29 heavy (non-hydrogen) atoms. The van der Waals surface area contributed by atoms with Crippen molar-refractivity contribution in [1.29, 1.82) is 0 Å². The van der Waals surface area contributed by atoms with Gasteiger partial charge in [-0.3, -0.25) is 0 Å². The van der Waals surface area contributed by atoms with E-state index in [9.17, 15) is 0 Å². The van der Waals surface area contributed by atoms with Crippen LogP contribution in [0.1, 0.15) is 20.3 Å². The summed E-state index contributed by atoms with van der Waals surface area (Å²) in [7, 11) is 0. The van der Waals surface area contributed by atoms with Crippen LogP contribution in [0.3, 0.4) is 0 Å². The van der Waals surface area contributed by atoms with Crippen LogP contribution in [-0.2, 0) is 0 Å². The first kappa shape index (κ1) is 17.9. The monoisotopic (exact) mass is 382 g/mol. The lowest BCUT2D eigenvalue weighted by molar-refractivity contribution is 0.356. The molecule has 1 saturated heterocycles. The number of para-hydroxylation sites is 1. The molecule has 2 aromatic heterocycles. The SMILES string of the molecule is C[C@@H]1C[C@H](C)CN(c2ncnc3c2c(-c2ccccc2)cn3-c2ccccc2)C1. The number of rotatable bonds is 3. The van der Waals surface area contributed by atoms with Gasteiger partial charge in [0.2, 0.25) is 0 Å². The Kier molecular flexibility index (Phi) is 4.55. The number of benzene rings is 2. The summed E-state index contributed by atoms with van der Waals surface area (Å²) >= 11 is 0. The summed E-state index contributed by atoms with van der Waals surface area (Å²) in [6, 6.07) is 21.0. The molecule has 3 heterocycles. The third-order valence-electron chi connectivity index (χ3n) is 5.85. The Bertz CT molecular complexity index is 1110. The highest BCUT2D eigenvalue weighted by Gasteiger charge is 2.26. The van der Waals surface area contributed by atoms with Gasteiger partial charge in [-0.2, -0.15) is 0 Å². The second-order valence-corrected chi connectivity index (χ2v) is 8.36. The first-order chi connectivity index (χ1) is 14.2. The van der Waals surface area contributed by atoms with Crippen LogP contribution in [0.2, 0.25) is 0 Å². The van der Waals surface area contributed by atoms with Crippen molar-refractivity contribution in [3.8, 4) is 16.8 Å². The summed E-state index contributed by atoms with van der Waals surface area (Å²) in [5, 5.41) is 1.14. The highest BCUT2D eigenvalue weighted by atomic mass is 15.2. The first-order valence-corrected chi connectivity index (χ1v) is 10.4. The van der Waals surface area contributed by atoms with Gasteiger partial charge in [0, 0.05) is 30.5 Å². The minimum Gasteiger partial charge on any atom is -0.355 e. The van der Waals surface area contributed by atoms with Crippen LogP contribution in [0.15, 0.2) is 73.2 Å². The predicted octanol–water partition coefficient (Wildman–Crippen LogP) is 5.57. The average Bonchev–Trinajstić information content (AvgIpc) is 3.14. The van der Waals surface area contributed by atoms with Crippen molar-refractivity contribution in [3.05, 3.63) is 73.2 Å². The van der Waals surface area contributed by atoms with Crippen LogP contribution in [0.5, 0.6) is 0 Å². The lowest BCUT2D eigenvalue weighted by Crippen LogP contribution is -2.39. The molecule has 0 radical (unpaired) electrons. The van der Waals surface area contributed by atoms with E-state index in [0.717, 1.165) is 35.6 Å². The molecule has 0 amide bonds. The molecule has 1 fully saturated rings. The van der Waals surface area contributed by atoms with Crippen LogP contribution in [0.25, 0.3) is 27.8 Å². The van der Waals surface area contributed by atoms with Crippen molar-refractivity contribution in [1.82, 2.24) is 14.5 Å². The minimum absolute atomic E-state index is 0.667. The van der Waals surface area contributed by atoms with Crippen LogP contribution in [0, 0.1) is 11.8 Å². The van der Waals surface area contributed by atoms with Gasteiger partial charge < -0.3 is 9.47 Å². The highest BCUT2D eigenvalue weighted by Crippen LogP contribution is 2.38. The smallest absolute Gasteiger partial charge is 0.150 e. The van der Waals surface area contributed by atoms with E-state index in [0.29, 0.717) is 11.8 Å². The summed E-state index contributed by atoms with van der Waals surface area (Å²) in [4.78, 5) is 12.0. The van der Waals surface area contributed by atoms with E-state index in [1.54, 1.807) is 6.33 Å². The van der Waals surface area contributed by atoms with Gasteiger partial charge in [-0.15, -0.1) is 0 Å². The molecule has 4 heteroatoms. The molecule has 2 aromatic carbocycles. The van der Waals surface area contributed by atoms with Gasteiger partial charge in [0.05, 0.1) is 5.39 Å². The third kappa shape index (κ3) is 3.29. The number of piperidine rings is 1. The van der Waals surface area contributed by atoms with E-state index < -0.39 is 0 Å². The fourth-order valence-corrected chi connectivity index (χ4v) is 4.74. The fourth-order valence-electron chi connectivity index (χ4n) is 4.74. The van der Waals surface area contributed by atoms with Crippen LogP contribution in [-0.4, -0.2) is 27.6 Å². The van der Waals surface area contributed by atoms with Crippen LogP contribution in [0.4, 0.5) is 5.82 Å². The molecule has 0 N–H and O–H groups in total. The molecule has 0 unspecified atom stereocenters. The topological polar surface area (TPSA) is 34.0 Å². The maximum Gasteiger partial charge on any atom is 0.150 e.